The van der Waals surface area contributed by atoms with Crippen molar-refractivity contribution in [1.29, 1.82) is 0 Å². The fourth-order valence-corrected chi connectivity index (χ4v) is 2.91. The molecule has 1 aliphatic carbocycles. The summed E-state index contributed by atoms with van der Waals surface area (Å²) in [5, 5.41) is 0.822. The normalized spacial score (nSPS) is 25.6. The fraction of sp³-hybridized carbons (Fsp3) is 0.571. The molecule has 1 aromatic rings. The van der Waals surface area contributed by atoms with Gasteiger partial charge < -0.3 is 5.73 Å². The van der Waals surface area contributed by atoms with Gasteiger partial charge in [-0.15, -0.1) is 0 Å². The van der Waals surface area contributed by atoms with Crippen LogP contribution in [0.15, 0.2) is 24.3 Å². The third-order valence-corrected chi connectivity index (χ3v) is 4.03. The van der Waals surface area contributed by atoms with Gasteiger partial charge in [0.1, 0.15) is 0 Å². The molecule has 0 spiro atoms. The number of hydrogen-bond acceptors (Lipinski definition) is 1. The Balaban J connectivity index is 1.99. The highest BCUT2D eigenvalue weighted by molar-refractivity contribution is 6.30. The molecule has 2 heteroatoms. The van der Waals surface area contributed by atoms with Crippen LogP contribution in [0.2, 0.25) is 5.02 Å². The zero-order valence-corrected chi connectivity index (χ0v) is 10.4. The van der Waals surface area contributed by atoms with E-state index in [1.54, 1.807) is 0 Å². The van der Waals surface area contributed by atoms with Gasteiger partial charge in [0.25, 0.3) is 0 Å². The SMILES string of the molecule is NCC1CCCCC1Cc1ccc(Cl)cc1. The minimum atomic E-state index is 0.726. The zero-order valence-electron chi connectivity index (χ0n) is 9.66. The lowest BCUT2D eigenvalue weighted by Gasteiger charge is -2.30. The van der Waals surface area contributed by atoms with Gasteiger partial charge in [-0.3, -0.25) is 0 Å². The number of hydrogen-bond donors (Lipinski definition) is 1. The van der Waals surface area contributed by atoms with Crippen LogP contribution >= 0.6 is 11.6 Å². The second-order valence-corrected chi connectivity index (χ2v) is 5.31. The summed E-state index contributed by atoms with van der Waals surface area (Å²) in [5.41, 5.74) is 7.25. The van der Waals surface area contributed by atoms with Gasteiger partial charge in [0, 0.05) is 5.02 Å². The van der Waals surface area contributed by atoms with Gasteiger partial charge in [0.15, 0.2) is 0 Å². The van der Waals surface area contributed by atoms with E-state index < -0.39 is 0 Å². The lowest BCUT2D eigenvalue weighted by atomic mass is 9.76. The van der Waals surface area contributed by atoms with Crippen LogP contribution in [0.4, 0.5) is 0 Å². The smallest absolute Gasteiger partial charge is 0.0406 e. The Labute approximate surface area is 103 Å². The Morgan fingerprint density at radius 2 is 1.69 bits per heavy atom. The van der Waals surface area contributed by atoms with E-state index in [-0.39, 0.29) is 0 Å². The standard InChI is InChI=1S/C14H20ClN/c15-14-7-5-11(6-8-14)9-12-3-1-2-4-13(12)10-16/h5-8,12-13H,1-4,9-10,16H2. The van der Waals surface area contributed by atoms with Crippen molar-refractivity contribution in [2.24, 2.45) is 17.6 Å². The second-order valence-electron chi connectivity index (χ2n) is 4.87. The van der Waals surface area contributed by atoms with Crippen LogP contribution in [0, 0.1) is 11.8 Å². The maximum atomic E-state index is 5.89. The van der Waals surface area contributed by atoms with Gasteiger partial charge in [0.05, 0.1) is 0 Å². The van der Waals surface area contributed by atoms with E-state index in [2.05, 4.69) is 12.1 Å². The molecule has 2 rings (SSSR count). The van der Waals surface area contributed by atoms with Crippen molar-refractivity contribution in [3.63, 3.8) is 0 Å². The van der Waals surface area contributed by atoms with Gasteiger partial charge >= 0.3 is 0 Å². The monoisotopic (exact) mass is 237 g/mol. The predicted molar refractivity (Wildman–Crippen MR) is 69.7 cm³/mol. The van der Waals surface area contributed by atoms with Crippen molar-refractivity contribution < 1.29 is 0 Å². The topological polar surface area (TPSA) is 26.0 Å². The Bertz CT molecular complexity index is 320. The highest BCUT2D eigenvalue weighted by Crippen LogP contribution is 2.32. The van der Waals surface area contributed by atoms with E-state index in [9.17, 15) is 0 Å². The average Bonchev–Trinajstić information content (AvgIpc) is 2.33. The molecule has 0 aromatic heterocycles. The quantitative estimate of drug-likeness (QED) is 0.854. The summed E-state index contributed by atoms with van der Waals surface area (Å²) in [6.07, 6.45) is 6.55. The van der Waals surface area contributed by atoms with Crippen molar-refractivity contribution >= 4 is 11.6 Å². The molecule has 1 fully saturated rings. The van der Waals surface area contributed by atoms with E-state index in [1.807, 2.05) is 12.1 Å². The number of nitrogens with two attached hydrogens (primary N) is 1. The predicted octanol–water partition coefficient (Wildman–Crippen LogP) is 3.65. The number of rotatable bonds is 3. The molecule has 2 unspecified atom stereocenters. The minimum Gasteiger partial charge on any atom is -0.330 e. The molecule has 1 nitrogen and oxygen atoms in total. The Morgan fingerprint density at radius 3 is 2.31 bits per heavy atom. The van der Waals surface area contributed by atoms with Crippen LogP contribution in [0.3, 0.4) is 0 Å². The van der Waals surface area contributed by atoms with Gasteiger partial charge in [-0.2, -0.15) is 0 Å². The zero-order chi connectivity index (χ0) is 11.4. The third kappa shape index (κ3) is 2.99. The van der Waals surface area contributed by atoms with Crippen LogP contribution in [-0.4, -0.2) is 6.54 Å². The summed E-state index contributed by atoms with van der Waals surface area (Å²) in [6.45, 7) is 0.845. The van der Waals surface area contributed by atoms with Crippen molar-refractivity contribution in [3.8, 4) is 0 Å². The first-order valence-corrected chi connectivity index (χ1v) is 6.62. The van der Waals surface area contributed by atoms with Gasteiger partial charge in [-0.05, 0) is 55.3 Å². The molecule has 2 atom stereocenters. The lowest BCUT2D eigenvalue weighted by molar-refractivity contribution is 0.242. The molecular weight excluding hydrogens is 218 g/mol. The van der Waals surface area contributed by atoms with Crippen LogP contribution in [0.1, 0.15) is 31.2 Å². The summed E-state index contributed by atoms with van der Waals surface area (Å²) in [5.74, 6) is 1.50. The number of benzene rings is 1. The van der Waals surface area contributed by atoms with E-state index >= 15 is 0 Å². The molecular formula is C14H20ClN. The lowest BCUT2D eigenvalue weighted by Crippen LogP contribution is -2.28. The van der Waals surface area contributed by atoms with E-state index in [1.165, 1.54) is 37.7 Å². The van der Waals surface area contributed by atoms with Crippen LogP contribution in [0.25, 0.3) is 0 Å². The van der Waals surface area contributed by atoms with Crippen LogP contribution < -0.4 is 5.73 Å². The Kier molecular flexibility index (Phi) is 4.25. The average molecular weight is 238 g/mol. The third-order valence-electron chi connectivity index (χ3n) is 3.78. The van der Waals surface area contributed by atoms with E-state index in [0.29, 0.717) is 0 Å². The highest BCUT2D eigenvalue weighted by atomic mass is 35.5. The molecule has 0 aliphatic heterocycles. The molecule has 1 aliphatic rings. The Hall–Kier alpha value is -0.530. The molecule has 1 aromatic carbocycles. The summed E-state index contributed by atoms with van der Waals surface area (Å²) < 4.78 is 0. The Morgan fingerprint density at radius 1 is 1.06 bits per heavy atom. The fourth-order valence-electron chi connectivity index (χ4n) is 2.79. The molecule has 0 radical (unpaired) electrons. The first kappa shape index (κ1) is 11.9. The largest absolute Gasteiger partial charge is 0.330 e. The van der Waals surface area contributed by atoms with Crippen molar-refractivity contribution in [1.82, 2.24) is 0 Å². The molecule has 0 saturated heterocycles. The van der Waals surface area contributed by atoms with E-state index in [4.69, 9.17) is 17.3 Å². The van der Waals surface area contributed by atoms with Gasteiger partial charge in [-0.1, -0.05) is 36.6 Å². The minimum absolute atomic E-state index is 0.726. The summed E-state index contributed by atoms with van der Waals surface area (Å²) in [6, 6.07) is 8.25. The second kappa shape index (κ2) is 5.70. The first-order valence-electron chi connectivity index (χ1n) is 6.24. The van der Waals surface area contributed by atoms with E-state index in [0.717, 1.165) is 23.4 Å². The van der Waals surface area contributed by atoms with Crippen molar-refractivity contribution in [2.75, 3.05) is 6.54 Å². The summed E-state index contributed by atoms with van der Waals surface area (Å²) >= 11 is 5.89. The maximum Gasteiger partial charge on any atom is 0.0406 e. The molecule has 2 N–H and O–H groups in total. The van der Waals surface area contributed by atoms with Gasteiger partial charge in [-0.25, -0.2) is 0 Å². The molecule has 0 amide bonds. The van der Waals surface area contributed by atoms with Crippen molar-refractivity contribution in [3.05, 3.63) is 34.9 Å². The number of halogens is 1. The maximum absolute atomic E-state index is 5.89. The first-order chi connectivity index (χ1) is 7.79. The molecule has 0 bridgehead atoms. The molecule has 0 heterocycles. The van der Waals surface area contributed by atoms with Crippen LogP contribution in [0.5, 0.6) is 0 Å². The molecule has 1 saturated carbocycles. The molecule has 16 heavy (non-hydrogen) atoms. The summed E-state index contributed by atoms with van der Waals surface area (Å²) in [4.78, 5) is 0. The summed E-state index contributed by atoms with van der Waals surface area (Å²) in [7, 11) is 0. The highest BCUT2D eigenvalue weighted by Gasteiger charge is 2.23. The molecule has 88 valence electrons. The van der Waals surface area contributed by atoms with Gasteiger partial charge in [0.2, 0.25) is 0 Å². The van der Waals surface area contributed by atoms with Crippen LogP contribution in [-0.2, 0) is 6.42 Å². The van der Waals surface area contributed by atoms with Crippen molar-refractivity contribution in [2.45, 2.75) is 32.1 Å².